The number of hydrogen-bond acceptors (Lipinski definition) is 6. The lowest BCUT2D eigenvalue weighted by Crippen LogP contribution is -2.36. The SMILES string of the molecule is CC(=O)N(OC(=O)CO)C(C)=O.CC(C)=O. The van der Waals surface area contributed by atoms with Gasteiger partial charge in [-0.2, -0.15) is 0 Å². The van der Waals surface area contributed by atoms with Gasteiger partial charge in [-0.05, 0) is 13.8 Å². The van der Waals surface area contributed by atoms with E-state index in [-0.39, 0.29) is 10.8 Å². The first-order valence-electron chi connectivity index (χ1n) is 4.32. The van der Waals surface area contributed by atoms with Gasteiger partial charge >= 0.3 is 5.97 Å². The molecule has 0 rings (SSSR count). The van der Waals surface area contributed by atoms with E-state index < -0.39 is 24.4 Å². The third-order valence-electron chi connectivity index (χ3n) is 0.894. The van der Waals surface area contributed by atoms with E-state index in [1.165, 1.54) is 13.8 Å². The minimum absolute atomic E-state index is 0.167. The van der Waals surface area contributed by atoms with Crippen molar-refractivity contribution in [2.45, 2.75) is 27.7 Å². The van der Waals surface area contributed by atoms with Crippen molar-refractivity contribution in [3.05, 3.63) is 0 Å². The molecule has 0 unspecified atom stereocenters. The number of ketones is 1. The van der Waals surface area contributed by atoms with Crippen LogP contribution in [-0.2, 0) is 24.0 Å². The zero-order valence-corrected chi connectivity index (χ0v) is 9.64. The summed E-state index contributed by atoms with van der Waals surface area (Å²) in [6.07, 6.45) is 0. The number of carbonyl (C=O) groups is 4. The molecule has 0 spiro atoms. The maximum atomic E-state index is 10.6. The maximum Gasteiger partial charge on any atom is 0.358 e. The van der Waals surface area contributed by atoms with Crippen LogP contribution in [0.25, 0.3) is 0 Å². The van der Waals surface area contributed by atoms with Crippen molar-refractivity contribution in [3.63, 3.8) is 0 Å². The lowest BCUT2D eigenvalue weighted by Gasteiger charge is -2.14. The summed E-state index contributed by atoms with van der Waals surface area (Å²) in [6, 6.07) is 0. The van der Waals surface area contributed by atoms with Gasteiger partial charge in [0.25, 0.3) is 11.8 Å². The first kappa shape index (κ1) is 16.7. The molecule has 0 aromatic heterocycles. The molecule has 16 heavy (non-hydrogen) atoms. The molecular weight excluding hydrogens is 218 g/mol. The van der Waals surface area contributed by atoms with Crippen LogP contribution in [-0.4, -0.2) is 40.3 Å². The number of amides is 2. The molecule has 0 saturated heterocycles. The third kappa shape index (κ3) is 10.3. The van der Waals surface area contributed by atoms with Gasteiger partial charge in [-0.25, -0.2) is 4.79 Å². The normalized spacial score (nSPS) is 8.31. The molecule has 0 aliphatic heterocycles. The number of hydrogen-bond donors (Lipinski definition) is 1. The van der Waals surface area contributed by atoms with Crippen LogP contribution in [0.1, 0.15) is 27.7 Å². The van der Waals surface area contributed by atoms with Crippen molar-refractivity contribution in [1.82, 2.24) is 5.06 Å². The molecule has 1 N–H and O–H groups in total. The largest absolute Gasteiger partial charge is 0.385 e. The summed E-state index contributed by atoms with van der Waals surface area (Å²) in [5, 5.41) is 8.50. The molecule has 0 aliphatic carbocycles. The van der Waals surface area contributed by atoms with Crippen molar-refractivity contribution in [2.75, 3.05) is 6.61 Å². The highest BCUT2D eigenvalue weighted by molar-refractivity contribution is 5.92. The molecule has 2 amide bonds. The van der Waals surface area contributed by atoms with Crippen molar-refractivity contribution in [1.29, 1.82) is 0 Å². The number of Topliss-reactive ketones (excluding diaryl/α,β-unsaturated/α-hetero) is 1. The Morgan fingerprint density at radius 3 is 1.50 bits per heavy atom. The van der Waals surface area contributed by atoms with Crippen molar-refractivity contribution < 1.29 is 29.1 Å². The van der Waals surface area contributed by atoms with E-state index in [0.29, 0.717) is 0 Å². The Morgan fingerprint density at radius 2 is 1.31 bits per heavy atom. The van der Waals surface area contributed by atoms with Crippen LogP contribution in [0.3, 0.4) is 0 Å². The van der Waals surface area contributed by atoms with Crippen LogP contribution >= 0.6 is 0 Å². The van der Waals surface area contributed by atoms with E-state index in [1.54, 1.807) is 0 Å². The first-order valence-corrected chi connectivity index (χ1v) is 4.32. The smallest absolute Gasteiger partial charge is 0.358 e. The number of carbonyl (C=O) groups excluding carboxylic acids is 4. The summed E-state index contributed by atoms with van der Waals surface area (Å²) >= 11 is 0. The quantitative estimate of drug-likeness (QED) is 0.608. The average molecular weight is 233 g/mol. The molecule has 0 aromatic carbocycles. The molecule has 7 nitrogen and oxygen atoms in total. The highest BCUT2D eigenvalue weighted by Gasteiger charge is 2.18. The second kappa shape index (κ2) is 8.54. The lowest BCUT2D eigenvalue weighted by molar-refractivity contribution is -0.202. The summed E-state index contributed by atoms with van der Waals surface area (Å²) in [7, 11) is 0. The molecule has 0 bridgehead atoms. The number of rotatable bonds is 1. The Kier molecular flexibility index (Phi) is 8.89. The van der Waals surface area contributed by atoms with Crippen LogP contribution in [0.15, 0.2) is 0 Å². The van der Waals surface area contributed by atoms with E-state index in [9.17, 15) is 19.2 Å². The number of nitrogens with zero attached hydrogens (tertiary/aromatic N) is 1. The van der Waals surface area contributed by atoms with E-state index in [1.807, 2.05) is 0 Å². The summed E-state index contributed by atoms with van der Waals surface area (Å²) in [4.78, 5) is 45.2. The number of hydroxylamine groups is 2. The van der Waals surface area contributed by atoms with Crippen LogP contribution in [0, 0.1) is 0 Å². The molecule has 0 aliphatic rings. The number of imide groups is 1. The Bertz CT molecular complexity index is 268. The van der Waals surface area contributed by atoms with Gasteiger partial charge in [0.1, 0.15) is 12.4 Å². The minimum Gasteiger partial charge on any atom is -0.385 e. The van der Waals surface area contributed by atoms with Gasteiger partial charge < -0.3 is 14.7 Å². The van der Waals surface area contributed by atoms with E-state index in [2.05, 4.69) is 4.84 Å². The number of aliphatic hydroxyl groups is 1. The van der Waals surface area contributed by atoms with Crippen molar-refractivity contribution in [3.8, 4) is 0 Å². The van der Waals surface area contributed by atoms with Crippen LogP contribution in [0.4, 0.5) is 0 Å². The molecule has 92 valence electrons. The molecule has 0 aromatic rings. The fourth-order valence-corrected chi connectivity index (χ4v) is 0.481. The Balaban J connectivity index is 0. The maximum absolute atomic E-state index is 10.6. The Morgan fingerprint density at radius 1 is 1.00 bits per heavy atom. The predicted molar refractivity (Wildman–Crippen MR) is 52.7 cm³/mol. The van der Waals surface area contributed by atoms with Gasteiger partial charge in [0.2, 0.25) is 0 Å². The molecule has 0 saturated carbocycles. The van der Waals surface area contributed by atoms with E-state index in [4.69, 9.17) is 5.11 Å². The monoisotopic (exact) mass is 233 g/mol. The third-order valence-corrected chi connectivity index (χ3v) is 0.894. The van der Waals surface area contributed by atoms with Gasteiger partial charge in [0.15, 0.2) is 0 Å². The predicted octanol–water partition coefficient (Wildman–Crippen LogP) is -0.573. The van der Waals surface area contributed by atoms with Crippen LogP contribution in [0.2, 0.25) is 0 Å². The fraction of sp³-hybridized carbons (Fsp3) is 0.556. The second-order valence-corrected chi connectivity index (χ2v) is 2.86. The van der Waals surface area contributed by atoms with Crippen LogP contribution in [0.5, 0.6) is 0 Å². The molecule has 0 heterocycles. The van der Waals surface area contributed by atoms with Gasteiger partial charge in [0.05, 0.1) is 0 Å². The van der Waals surface area contributed by atoms with Gasteiger partial charge in [0, 0.05) is 13.8 Å². The highest BCUT2D eigenvalue weighted by Crippen LogP contribution is 1.92. The summed E-state index contributed by atoms with van der Waals surface area (Å²) in [5.74, 6) is -2.32. The van der Waals surface area contributed by atoms with Crippen molar-refractivity contribution >= 4 is 23.6 Å². The molecule has 0 fully saturated rings. The van der Waals surface area contributed by atoms with Gasteiger partial charge in [-0.1, -0.05) is 0 Å². The van der Waals surface area contributed by atoms with Gasteiger partial charge in [-0.15, -0.1) is 5.06 Å². The molecular formula is C9H15NO6. The van der Waals surface area contributed by atoms with E-state index in [0.717, 1.165) is 13.8 Å². The number of aliphatic hydroxyl groups excluding tert-OH is 1. The zero-order chi connectivity index (χ0) is 13.3. The second-order valence-electron chi connectivity index (χ2n) is 2.86. The highest BCUT2D eigenvalue weighted by atomic mass is 16.7. The summed E-state index contributed by atoms with van der Waals surface area (Å²) in [5.41, 5.74) is 0. The molecule has 7 heteroatoms. The Hall–Kier alpha value is -1.76. The van der Waals surface area contributed by atoms with Crippen LogP contribution < -0.4 is 0 Å². The lowest BCUT2D eigenvalue weighted by atomic mass is 10.6. The topological polar surface area (TPSA) is 101 Å². The van der Waals surface area contributed by atoms with Gasteiger partial charge in [-0.3, -0.25) is 9.59 Å². The summed E-state index contributed by atoms with van der Waals surface area (Å²) < 4.78 is 0. The summed E-state index contributed by atoms with van der Waals surface area (Å²) in [6.45, 7) is 4.30. The average Bonchev–Trinajstić information content (AvgIpc) is 2.11. The zero-order valence-electron chi connectivity index (χ0n) is 9.64. The molecule has 0 atom stereocenters. The Labute approximate surface area is 92.9 Å². The first-order chi connectivity index (χ1) is 7.22. The molecule has 0 radical (unpaired) electrons. The van der Waals surface area contributed by atoms with Crippen molar-refractivity contribution in [2.24, 2.45) is 0 Å². The minimum atomic E-state index is -1.06. The standard InChI is InChI=1S/C6H9NO5.C3H6O/c1-4(9)7(5(2)10)12-6(11)3-8;1-3(2)4/h8H,3H2,1-2H3;1-2H3. The fourth-order valence-electron chi connectivity index (χ4n) is 0.481. The van der Waals surface area contributed by atoms with E-state index >= 15 is 0 Å².